The minimum Gasteiger partial charge on any atom is -0.396 e. The topological polar surface area (TPSA) is 58.9 Å². The summed E-state index contributed by atoms with van der Waals surface area (Å²) in [5.41, 5.74) is -0.503. The monoisotopic (exact) mass is 258 g/mol. The number of fused-ring (bicyclic) bond motifs is 1. The molecular formula is C14H26O4. The molecule has 2 saturated heterocycles. The Balaban J connectivity index is 1.96. The van der Waals surface area contributed by atoms with Crippen LogP contribution in [-0.4, -0.2) is 47.3 Å². The predicted octanol–water partition coefficient (Wildman–Crippen LogP) is 1.63. The van der Waals surface area contributed by atoms with Gasteiger partial charge in [-0.15, -0.1) is 0 Å². The molecule has 2 aliphatic heterocycles. The maximum absolute atomic E-state index is 9.71. The lowest BCUT2D eigenvalue weighted by molar-refractivity contribution is -0.185. The van der Waals surface area contributed by atoms with Crippen molar-refractivity contribution in [3.05, 3.63) is 0 Å². The van der Waals surface area contributed by atoms with Crippen molar-refractivity contribution in [2.45, 2.75) is 75.8 Å². The standard InChI is InChI=1S/C14H26O4/c1-2-3-4-12-9-14(10-16)13(17-12)6-5-11(18-14)7-8-15/h11-13,15-16H,2-10H2,1H3/t11-,12+,13+,14-/m1/s1. The summed E-state index contributed by atoms with van der Waals surface area (Å²) in [4.78, 5) is 0. The van der Waals surface area contributed by atoms with Crippen molar-refractivity contribution in [1.82, 2.24) is 0 Å². The van der Waals surface area contributed by atoms with Gasteiger partial charge in [0.2, 0.25) is 0 Å². The molecule has 0 bridgehead atoms. The third kappa shape index (κ3) is 2.87. The van der Waals surface area contributed by atoms with Gasteiger partial charge in [0.1, 0.15) is 5.60 Å². The average Bonchev–Trinajstić information content (AvgIpc) is 2.75. The molecule has 4 atom stereocenters. The van der Waals surface area contributed by atoms with E-state index in [1.165, 1.54) is 12.8 Å². The molecule has 0 saturated carbocycles. The molecule has 0 radical (unpaired) electrons. The van der Waals surface area contributed by atoms with Gasteiger partial charge in [-0.05, 0) is 25.7 Å². The van der Waals surface area contributed by atoms with Gasteiger partial charge in [-0.2, -0.15) is 0 Å². The quantitative estimate of drug-likeness (QED) is 0.760. The van der Waals surface area contributed by atoms with Gasteiger partial charge < -0.3 is 19.7 Å². The summed E-state index contributed by atoms with van der Waals surface area (Å²) < 4.78 is 12.1. The van der Waals surface area contributed by atoms with Crippen LogP contribution in [0.1, 0.15) is 51.9 Å². The molecule has 0 aromatic carbocycles. The van der Waals surface area contributed by atoms with Crippen LogP contribution in [0.25, 0.3) is 0 Å². The Morgan fingerprint density at radius 2 is 2.00 bits per heavy atom. The average molecular weight is 258 g/mol. The Labute approximate surface area is 109 Å². The van der Waals surface area contributed by atoms with Crippen molar-refractivity contribution in [1.29, 1.82) is 0 Å². The molecule has 0 aromatic heterocycles. The zero-order chi connectivity index (χ0) is 13.0. The summed E-state index contributed by atoms with van der Waals surface area (Å²) in [5, 5.41) is 18.7. The molecule has 2 heterocycles. The molecule has 0 amide bonds. The summed E-state index contributed by atoms with van der Waals surface area (Å²) in [5.74, 6) is 0. The number of hydrogen-bond donors (Lipinski definition) is 2. The second kappa shape index (κ2) is 6.33. The molecular weight excluding hydrogens is 232 g/mol. The molecule has 4 nitrogen and oxygen atoms in total. The SMILES string of the molecule is CCCC[C@H]1C[C@]2(CO)O[C@@H](CCO)CC[C@@H]2O1. The first kappa shape index (κ1) is 14.3. The van der Waals surface area contributed by atoms with Crippen LogP contribution in [0.3, 0.4) is 0 Å². The molecule has 0 spiro atoms. The van der Waals surface area contributed by atoms with Crippen molar-refractivity contribution in [3.8, 4) is 0 Å². The van der Waals surface area contributed by atoms with Crippen molar-refractivity contribution in [2.24, 2.45) is 0 Å². The van der Waals surface area contributed by atoms with Crippen LogP contribution in [-0.2, 0) is 9.47 Å². The van der Waals surface area contributed by atoms with Gasteiger partial charge in [-0.3, -0.25) is 0 Å². The third-order valence-corrected chi connectivity index (χ3v) is 4.27. The predicted molar refractivity (Wildman–Crippen MR) is 68.4 cm³/mol. The summed E-state index contributed by atoms with van der Waals surface area (Å²) in [6.45, 7) is 2.36. The number of hydrogen-bond acceptors (Lipinski definition) is 4. The Bertz CT molecular complexity index is 258. The molecule has 2 N–H and O–H groups in total. The first-order valence-corrected chi connectivity index (χ1v) is 7.29. The van der Waals surface area contributed by atoms with Crippen LogP contribution >= 0.6 is 0 Å². The lowest BCUT2D eigenvalue weighted by atomic mass is 9.86. The van der Waals surface area contributed by atoms with E-state index in [1.54, 1.807) is 0 Å². The van der Waals surface area contributed by atoms with Crippen LogP contribution in [0.15, 0.2) is 0 Å². The smallest absolute Gasteiger partial charge is 0.120 e. The van der Waals surface area contributed by atoms with Gasteiger partial charge in [0.25, 0.3) is 0 Å². The fourth-order valence-corrected chi connectivity index (χ4v) is 3.26. The van der Waals surface area contributed by atoms with Gasteiger partial charge in [0.15, 0.2) is 0 Å². The Kier molecular flexibility index (Phi) is 5.01. The van der Waals surface area contributed by atoms with E-state index in [-0.39, 0.29) is 31.5 Å². The van der Waals surface area contributed by atoms with Gasteiger partial charge in [-0.1, -0.05) is 19.8 Å². The van der Waals surface area contributed by atoms with E-state index in [2.05, 4.69) is 6.92 Å². The van der Waals surface area contributed by atoms with Crippen molar-refractivity contribution >= 4 is 0 Å². The zero-order valence-corrected chi connectivity index (χ0v) is 11.3. The molecule has 0 unspecified atom stereocenters. The zero-order valence-electron chi connectivity index (χ0n) is 11.3. The molecule has 0 aromatic rings. The molecule has 18 heavy (non-hydrogen) atoms. The van der Waals surface area contributed by atoms with E-state index >= 15 is 0 Å². The van der Waals surface area contributed by atoms with Crippen LogP contribution in [0.4, 0.5) is 0 Å². The molecule has 4 heteroatoms. The second-order valence-corrected chi connectivity index (χ2v) is 5.65. The summed E-state index contributed by atoms with van der Waals surface area (Å²) in [7, 11) is 0. The number of unbranched alkanes of at least 4 members (excludes halogenated alkanes) is 1. The maximum atomic E-state index is 9.71. The van der Waals surface area contributed by atoms with E-state index in [9.17, 15) is 5.11 Å². The minimum atomic E-state index is -0.503. The van der Waals surface area contributed by atoms with E-state index < -0.39 is 5.60 Å². The normalized spacial score (nSPS) is 39.8. The summed E-state index contributed by atoms with van der Waals surface area (Å²) >= 11 is 0. The summed E-state index contributed by atoms with van der Waals surface area (Å²) in [6, 6.07) is 0. The third-order valence-electron chi connectivity index (χ3n) is 4.27. The number of aliphatic hydroxyl groups is 2. The van der Waals surface area contributed by atoms with Gasteiger partial charge in [-0.25, -0.2) is 0 Å². The lowest BCUT2D eigenvalue weighted by Crippen LogP contribution is -2.51. The van der Waals surface area contributed by atoms with Crippen molar-refractivity contribution in [3.63, 3.8) is 0 Å². The van der Waals surface area contributed by atoms with E-state index in [0.29, 0.717) is 6.42 Å². The molecule has 2 rings (SSSR count). The van der Waals surface area contributed by atoms with Crippen LogP contribution in [0.2, 0.25) is 0 Å². The van der Waals surface area contributed by atoms with E-state index in [0.717, 1.165) is 25.7 Å². The van der Waals surface area contributed by atoms with Crippen LogP contribution < -0.4 is 0 Å². The second-order valence-electron chi connectivity index (χ2n) is 5.65. The number of ether oxygens (including phenoxy) is 2. The van der Waals surface area contributed by atoms with Gasteiger partial charge >= 0.3 is 0 Å². The minimum absolute atomic E-state index is 0.0300. The highest BCUT2D eigenvalue weighted by molar-refractivity contribution is 5.01. The van der Waals surface area contributed by atoms with Crippen molar-refractivity contribution < 1.29 is 19.7 Å². The fraction of sp³-hybridized carbons (Fsp3) is 1.00. The fourth-order valence-electron chi connectivity index (χ4n) is 3.26. The van der Waals surface area contributed by atoms with Gasteiger partial charge in [0, 0.05) is 13.0 Å². The first-order chi connectivity index (χ1) is 8.74. The van der Waals surface area contributed by atoms with E-state index in [1.807, 2.05) is 0 Å². The largest absolute Gasteiger partial charge is 0.396 e. The number of rotatable bonds is 6. The number of aliphatic hydroxyl groups excluding tert-OH is 2. The summed E-state index contributed by atoms with van der Waals surface area (Å²) in [6.07, 6.45) is 7.07. The molecule has 106 valence electrons. The van der Waals surface area contributed by atoms with Gasteiger partial charge in [0.05, 0.1) is 24.9 Å². The highest BCUT2D eigenvalue weighted by atomic mass is 16.6. The Morgan fingerprint density at radius 1 is 1.17 bits per heavy atom. The van der Waals surface area contributed by atoms with Crippen molar-refractivity contribution in [2.75, 3.05) is 13.2 Å². The highest BCUT2D eigenvalue weighted by Crippen LogP contribution is 2.43. The Morgan fingerprint density at radius 3 is 2.67 bits per heavy atom. The van der Waals surface area contributed by atoms with E-state index in [4.69, 9.17) is 14.6 Å². The maximum Gasteiger partial charge on any atom is 0.120 e. The highest BCUT2D eigenvalue weighted by Gasteiger charge is 2.52. The molecule has 0 aliphatic carbocycles. The lowest BCUT2D eigenvalue weighted by Gasteiger charge is -2.40. The first-order valence-electron chi connectivity index (χ1n) is 7.29. The van der Waals surface area contributed by atoms with Crippen LogP contribution in [0, 0.1) is 0 Å². The van der Waals surface area contributed by atoms with Crippen LogP contribution in [0.5, 0.6) is 0 Å². The Hall–Kier alpha value is -0.160. The molecule has 2 aliphatic rings. The molecule has 2 fully saturated rings.